The molecule has 0 spiro atoms. The first kappa shape index (κ1) is 17.5. The van der Waals surface area contributed by atoms with Gasteiger partial charge in [-0.15, -0.1) is 0 Å². The number of carbonyl (C=O) groups is 2. The van der Waals surface area contributed by atoms with Crippen molar-refractivity contribution < 1.29 is 9.59 Å². The highest BCUT2D eigenvalue weighted by Gasteiger charge is 2.24. The van der Waals surface area contributed by atoms with E-state index in [4.69, 9.17) is 0 Å². The zero-order chi connectivity index (χ0) is 18.8. The lowest BCUT2D eigenvalue weighted by atomic mass is 10.0. The summed E-state index contributed by atoms with van der Waals surface area (Å²) >= 11 is 0. The average molecular weight is 366 g/mol. The van der Waals surface area contributed by atoms with E-state index in [0.29, 0.717) is 19.6 Å². The third kappa shape index (κ3) is 3.49. The van der Waals surface area contributed by atoms with E-state index in [0.717, 1.165) is 41.6 Å². The molecule has 2 aliphatic heterocycles. The van der Waals surface area contributed by atoms with E-state index >= 15 is 0 Å². The number of nitrogens with zero attached hydrogens (tertiary/aromatic N) is 4. The van der Waals surface area contributed by atoms with Crippen LogP contribution in [0.4, 0.5) is 5.69 Å². The number of likely N-dealkylation sites (tertiary alicyclic amines) is 1. The molecule has 2 aromatic rings. The van der Waals surface area contributed by atoms with Crippen molar-refractivity contribution in [1.82, 2.24) is 14.7 Å². The van der Waals surface area contributed by atoms with Gasteiger partial charge in [0.25, 0.3) is 11.5 Å². The quantitative estimate of drug-likeness (QED) is 0.824. The monoisotopic (exact) mass is 366 g/mol. The van der Waals surface area contributed by atoms with Crippen LogP contribution in [-0.4, -0.2) is 46.1 Å². The molecule has 1 saturated heterocycles. The number of anilines is 1. The highest BCUT2D eigenvalue weighted by molar-refractivity contribution is 5.94. The summed E-state index contributed by atoms with van der Waals surface area (Å²) in [6.07, 6.45) is 3.80. The number of rotatable bonds is 3. The van der Waals surface area contributed by atoms with Crippen LogP contribution in [0.2, 0.25) is 0 Å². The van der Waals surface area contributed by atoms with Crippen LogP contribution in [0.3, 0.4) is 0 Å². The van der Waals surface area contributed by atoms with Crippen molar-refractivity contribution in [2.24, 2.45) is 0 Å². The topological polar surface area (TPSA) is 75.5 Å². The predicted octanol–water partition coefficient (Wildman–Crippen LogP) is 1.46. The summed E-state index contributed by atoms with van der Waals surface area (Å²) in [7, 11) is 0. The fraction of sp³-hybridized carbons (Fsp3) is 0.400. The summed E-state index contributed by atoms with van der Waals surface area (Å²) in [4.78, 5) is 41.0. The molecular formula is C20H22N4O3. The molecule has 0 N–H and O–H groups in total. The Morgan fingerprint density at radius 1 is 0.963 bits per heavy atom. The van der Waals surface area contributed by atoms with Gasteiger partial charge in [-0.1, -0.05) is 18.2 Å². The molecule has 0 unspecified atom stereocenters. The van der Waals surface area contributed by atoms with Gasteiger partial charge in [0.2, 0.25) is 5.91 Å². The average Bonchev–Trinajstić information content (AvgIpc) is 3.23. The SMILES string of the molecule is O=C(c1ccc(=O)n(CC(=O)N2CCCc3ccccc32)n1)N1CCCC1. The van der Waals surface area contributed by atoms with Crippen molar-refractivity contribution in [2.45, 2.75) is 32.2 Å². The van der Waals surface area contributed by atoms with Gasteiger partial charge in [-0.05, 0) is 43.4 Å². The summed E-state index contributed by atoms with van der Waals surface area (Å²) in [5.74, 6) is -0.375. The van der Waals surface area contributed by atoms with Crippen molar-refractivity contribution >= 4 is 17.5 Å². The minimum absolute atomic E-state index is 0.172. The minimum atomic E-state index is -0.383. The first-order valence-corrected chi connectivity index (χ1v) is 9.39. The molecule has 140 valence electrons. The normalized spacial score (nSPS) is 16.3. The Balaban J connectivity index is 1.56. The van der Waals surface area contributed by atoms with Crippen LogP contribution in [0.5, 0.6) is 0 Å². The zero-order valence-electron chi connectivity index (χ0n) is 15.1. The van der Waals surface area contributed by atoms with Crippen LogP contribution in [0.25, 0.3) is 0 Å². The number of para-hydroxylation sites is 1. The van der Waals surface area contributed by atoms with Crippen LogP contribution in [0.15, 0.2) is 41.2 Å². The standard InChI is InChI=1S/C20H22N4O3/c25-18-10-9-16(20(27)22-11-3-4-12-22)21-24(18)14-19(26)23-13-5-7-15-6-1-2-8-17(15)23/h1-2,6,8-10H,3-5,7,11-14H2. The number of amides is 2. The summed E-state index contributed by atoms with van der Waals surface area (Å²) in [5.41, 5.74) is 1.86. The van der Waals surface area contributed by atoms with Gasteiger partial charge in [0.15, 0.2) is 0 Å². The Kier molecular flexibility index (Phi) is 4.75. The van der Waals surface area contributed by atoms with Crippen LogP contribution in [0.1, 0.15) is 35.3 Å². The number of benzene rings is 1. The minimum Gasteiger partial charge on any atom is -0.337 e. The Morgan fingerprint density at radius 3 is 2.56 bits per heavy atom. The van der Waals surface area contributed by atoms with Gasteiger partial charge in [-0.3, -0.25) is 14.4 Å². The Morgan fingerprint density at radius 2 is 1.74 bits per heavy atom. The fourth-order valence-corrected chi connectivity index (χ4v) is 3.76. The molecule has 7 heteroatoms. The maximum absolute atomic E-state index is 12.9. The van der Waals surface area contributed by atoms with Gasteiger partial charge in [0, 0.05) is 31.4 Å². The molecule has 1 aromatic heterocycles. The Labute approximate surface area is 157 Å². The lowest BCUT2D eigenvalue weighted by Gasteiger charge is -2.29. The second-order valence-electron chi connectivity index (χ2n) is 6.99. The van der Waals surface area contributed by atoms with Crippen molar-refractivity contribution in [3.63, 3.8) is 0 Å². The Hall–Kier alpha value is -2.96. The first-order chi connectivity index (χ1) is 13.1. The van der Waals surface area contributed by atoms with Crippen LogP contribution in [0, 0.1) is 0 Å². The largest absolute Gasteiger partial charge is 0.337 e. The van der Waals surface area contributed by atoms with E-state index in [2.05, 4.69) is 5.10 Å². The van der Waals surface area contributed by atoms with Gasteiger partial charge < -0.3 is 9.80 Å². The number of fused-ring (bicyclic) bond motifs is 1. The number of hydrogen-bond donors (Lipinski definition) is 0. The molecule has 2 aliphatic rings. The van der Waals surface area contributed by atoms with Gasteiger partial charge in [-0.2, -0.15) is 5.10 Å². The van der Waals surface area contributed by atoms with Crippen molar-refractivity contribution in [3.8, 4) is 0 Å². The molecule has 2 amide bonds. The van der Waals surface area contributed by atoms with Crippen molar-refractivity contribution in [3.05, 3.63) is 58.0 Å². The smallest absolute Gasteiger partial charge is 0.274 e. The number of carbonyl (C=O) groups excluding carboxylic acids is 2. The summed E-state index contributed by atoms with van der Waals surface area (Å²) < 4.78 is 1.10. The highest BCUT2D eigenvalue weighted by Crippen LogP contribution is 2.26. The van der Waals surface area contributed by atoms with E-state index in [1.165, 1.54) is 12.1 Å². The number of aromatic nitrogens is 2. The third-order valence-corrected chi connectivity index (χ3v) is 5.18. The molecule has 1 fully saturated rings. The molecule has 0 aliphatic carbocycles. The first-order valence-electron chi connectivity index (χ1n) is 9.39. The molecule has 3 heterocycles. The van der Waals surface area contributed by atoms with Gasteiger partial charge in [0.1, 0.15) is 12.2 Å². The van der Waals surface area contributed by atoms with Crippen molar-refractivity contribution in [2.75, 3.05) is 24.5 Å². The summed E-state index contributed by atoms with van der Waals surface area (Å²) in [6.45, 7) is 1.87. The molecule has 0 bridgehead atoms. The second-order valence-corrected chi connectivity index (χ2v) is 6.99. The molecule has 1 aromatic carbocycles. The fourth-order valence-electron chi connectivity index (χ4n) is 3.76. The molecule has 4 rings (SSSR count). The molecule has 27 heavy (non-hydrogen) atoms. The highest BCUT2D eigenvalue weighted by atomic mass is 16.2. The zero-order valence-corrected chi connectivity index (χ0v) is 15.1. The summed E-state index contributed by atoms with van der Waals surface area (Å²) in [6, 6.07) is 10.6. The van der Waals surface area contributed by atoms with Gasteiger partial charge in [-0.25, -0.2) is 4.68 Å². The second kappa shape index (κ2) is 7.34. The third-order valence-electron chi connectivity index (χ3n) is 5.18. The predicted molar refractivity (Wildman–Crippen MR) is 101 cm³/mol. The molecule has 0 atom stereocenters. The van der Waals surface area contributed by atoms with E-state index < -0.39 is 0 Å². The Bertz CT molecular complexity index is 931. The van der Waals surface area contributed by atoms with Crippen LogP contribution in [-0.2, 0) is 17.8 Å². The van der Waals surface area contributed by atoms with Gasteiger partial charge in [0.05, 0.1) is 0 Å². The van der Waals surface area contributed by atoms with Crippen LogP contribution >= 0.6 is 0 Å². The summed E-state index contributed by atoms with van der Waals surface area (Å²) in [5, 5.41) is 4.17. The van der Waals surface area contributed by atoms with E-state index in [9.17, 15) is 14.4 Å². The number of aryl methyl sites for hydroxylation is 1. The maximum atomic E-state index is 12.9. The van der Waals surface area contributed by atoms with E-state index in [1.807, 2.05) is 24.3 Å². The molecular weight excluding hydrogens is 344 g/mol. The molecule has 0 radical (unpaired) electrons. The maximum Gasteiger partial charge on any atom is 0.274 e. The molecule has 0 saturated carbocycles. The van der Waals surface area contributed by atoms with Crippen molar-refractivity contribution in [1.29, 1.82) is 0 Å². The van der Waals surface area contributed by atoms with Gasteiger partial charge >= 0.3 is 0 Å². The number of hydrogen-bond acceptors (Lipinski definition) is 4. The van der Waals surface area contributed by atoms with E-state index in [-0.39, 0.29) is 29.6 Å². The van der Waals surface area contributed by atoms with Crippen LogP contribution < -0.4 is 10.5 Å². The van der Waals surface area contributed by atoms with E-state index in [1.54, 1.807) is 9.80 Å². The lowest BCUT2D eigenvalue weighted by Crippen LogP contribution is -2.40. The molecule has 7 nitrogen and oxygen atoms in total. The lowest BCUT2D eigenvalue weighted by molar-refractivity contribution is -0.119.